The lowest BCUT2D eigenvalue weighted by atomic mass is 10.1. The van der Waals surface area contributed by atoms with E-state index in [0.29, 0.717) is 16.1 Å². The Hall–Kier alpha value is -2.59. The summed E-state index contributed by atoms with van der Waals surface area (Å²) >= 11 is 5.75. The Morgan fingerprint density at radius 1 is 0.955 bits per heavy atom. The second-order valence-electron chi connectivity index (χ2n) is 4.67. The van der Waals surface area contributed by atoms with Gasteiger partial charge in [0, 0.05) is 28.4 Å². The number of hydrazine groups is 1. The molecule has 2 N–H and O–H groups in total. The van der Waals surface area contributed by atoms with Gasteiger partial charge in [0.25, 0.3) is 5.91 Å². The summed E-state index contributed by atoms with van der Waals surface area (Å²) in [5.41, 5.74) is 7.19. The number of rotatable bonds is 5. The highest BCUT2D eigenvalue weighted by molar-refractivity contribution is 6.30. The molecule has 2 aromatic rings. The van der Waals surface area contributed by atoms with Crippen molar-refractivity contribution in [3.05, 3.63) is 82.5 Å². The van der Waals surface area contributed by atoms with Gasteiger partial charge in [0.05, 0.1) is 0 Å². The minimum absolute atomic E-state index is 0.145. The number of ketones is 1. The fraction of sp³-hybridized carbons (Fsp3) is 0.0588. The molecule has 5 heteroatoms. The van der Waals surface area contributed by atoms with Crippen molar-refractivity contribution in [2.24, 2.45) is 0 Å². The van der Waals surface area contributed by atoms with E-state index in [1.807, 2.05) is 19.1 Å². The van der Waals surface area contributed by atoms with E-state index in [1.165, 1.54) is 12.3 Å². The second-order valence-corrected chi connectivity index (χ2v) is 5.11. The van der Waals surface area contributed by atoms with Crippen LogP contribution in [0, 0.1) is 6.92 Å². The maximum Gasteiger partial charge on any atom is 0.269 e. The summed E-state index contributed by atoms with van der Waals surface area (Å²) in [4.78, 5) is 23.6. The van der Waals surface area contributed by atoms with Crippen LogP contribution in [0.15, 0.2) is 60.8 Å². The number of benzene rings is 2. The number of hydrogen-bond donors (Lipinski definition) is 2. The zero-order valence-corrected chi connectivity index (χ0v) is 12.7. The van der Waals surface area contributed by atoms with Crippen LogP contribution in [0.25, 0.3) is 0 Å². The highest BCUT2D eigenvalue weighted by atomic mass is 35.5. The van der Waals surface area contributed by atoms with E-state index in [2.05, 4.69) is 10.9 Å². The Morgan fingerprint density at radius 3 is 2.18 bits per heavy atom. The summed E-state index contributed by atoms with van der Waals surface area (Å²) in [5, 5.41) is 0.563. The van der Waals surface area contributed by atoms with Crippen LogP contribution < -0.4 is 10.9 Å². The van der Waals surface area contributed by atoms with Gasteiger partial charge >= 0.3 is 0 Å². The van der Waals surface area contributed by atoms with Gasteiger partial charge in [-0.05, 0) is 31.2 Å². The van der Waals surface area contributed by atoms with E-state index >= 15 is 0 Å². The monoisotopic (exact) mass is 314 g/mol. The molecule has 4 nitrogen and oxygen atoms in total. The van der Waals surface area contributed by atoms with Crippen LogP contribution in [0.4, 0.5) is 0 Å². The van der Waals surface area contributed by atoms with E-state index in [1.54, 1.807) is 36.4 Å². The Morgan fingerprint density at radius 2 is 1.55 bits per heavy atom. The van der Waals surface area contributed by atoms with Crippen molar-refractivity contribution in [2.45, 2.75) is 6.92 Å². The molecule has 0 fully saturated rings. The first-order chi connectivity index (χ1) is 10.6. The molecular weight excluding hydrogens is 300 g/mol. The maximum atomic E-state index is 11.9. The number of halogens is 1. The van der Waals surface area contributed by atoms with E-state index in [9.17, 15) is 9.59 Å². The SMILES string of the molecule is Cc1ccc(C(=O)/C=C\NNC(=O)c2ccc(Cl)cc2)cc1. The van der Waals surface area contributed by atoms with Crippen LogP contribution in [0.5, 0.6) is 0 Å². The van der Waals surface area contributed by atoms with Crippen molar-refractivity contribution in [2.75, 3.05) is 0 Å². The zero-order chi connectivity index (χ0) is 15.9. The minimum Gasteiger partial charge on any atom is -0.305 e. The molecule has 0 bridgehead atoms. The van der Waals surface area contributed by atoms with E-state index in [4.69, 9.17) is 11.6 Å². The van der Waals surface area contributed by atoms with Gasteiger partial charge in [-0.1, -0.05) is 41.4 Å². The molecule has 0 atom stereocenters. The number of carbonyl (C=O) groups is 2. The average molecular weight is 315 g/mol. The third-order valence-electron chi connectivity index (χ3n) is 2.95. The smallest absolute Gasteiger partial charge is 0.269 e. The lowest BCUT2D eigenvalue weighted by Crippen LogP contribution is -2.33. The van der Waals surface area contributed by atoms with Gasteiger partial charge in [-0.25, -0.2) is 0 Å². The fourth-order valence-electron chi connectivity index (χ4n) is 1.71. The van der Waals surface area contributed by atoms with Gasteiger partial charge in [-0.2, -0.15) is 0 Å². The molecular formula is C17H15ClN2O2. The number of aryl methyl sites for hydroxylation is 1. The van der Waals surface area contributed by atoms with Crippen molar-refractivity contribution in [3.63, 3.8) is 0 Å². The molecule has 22 heavy (non-hydrogen) atoms. The number of allylic oxidation sites excluding steroid dienone is 1. The molecule has 0 unspecified atom stereocenters. The number of hydrogen-bond acceptors (Lipinski definition) is 3. The zero-order valence-electron chi connectivity index (χ0n) is 12.0. The van der Waals surface area contributed by atoms with Crippen LogP contribution in [0.1, 0.15) is 26.3 Å². The molecule has 0 heterocycles. The molecule has 0 spiro atoms. The third kappa shape index (κ3) is 4.46. The predicted molar refractivity (Wildman–Crippen MR) is 86.7 cm³/mol. The second kappa shape index (κ2) is 7.43. The van der Waals surface area contributed by atoms with Gasteiger partial charge in [-0.3, -0.25) is 15.0 Å². The number of nitrogens with one attached hydrogen (secondary N) is 2. The molecule has 2 aromatic carbocycles. The molecule has 1 amide bonds. The number of carbonyl (C=O) groups excluding carboxylic acids is 2. The molecule has 0 saturated carbocycles. The molecule has 2 rings (SSSR count). The van der Waals surface area contributed by atoms with Crippen LogP contribution in [-0.2, 0) is 0 Å². The normalized spacial score (nSPS) is 10.5. The third-order valence-corrected chi connectivity index (χ3v) is 3.20. The molecule has 0 radical (unpaired) electrons. The van der Waals surface area contributed by atoms with Gasteiger partial charge < -0.3 is 5.43 Å². The van der Waals surface area contributed by atoms with Gasteiger partial charge in [-0.15, -0.1) is 0 Å². The summed E-state index contributed by atoms with van der Waals surface area (Å²) in [6.07, 6.45) is 2.74. The van der Waals surface area contributed by atoms with Gasteiger partial charge in [0.1, 0.15) is 0 Å². The summed E-state index contributed by atoms with van der Waals surface area (Å²) in [7, 11) is 0. The minimum atomic E-state index is -0.316. The predicted octanol–water partition coefficient (Wildman–Crippen LogP) is 3.28. The lowest BCUT2D eigenvalue weighted by Gasteiger charge is -2.04. The van der Waals surface area contributed by atoms with Crippen LogP contribution >= 0.6 is 11.6 Å². The maximum absolute atomic E-state index is 11.9. The standard InChI is InChI=1S/C17H15ClN2O2/c1-12-2-4-13(5-3-12)16(21)10-11-19-20-17(22)14-6-8-15(18)9-7-14/h2-11,19H,1H3,(H,20,22)/b11-10-. The molecule has 0 saturated heterocycles. The Bertz CT molecular complexity index is 692. The summed E-state index contributed by atoms with van der Waals surface area (Å²) in [6, 6.07) is 13.7. The fourth-order valence-corrected chi connectivity index (χ4v) is 1.84. The summed E-state index contributed by atoms with van der Waals surface area (Å²) in [6.45, 7) is 1.96. The van der Waals surface area contributed by atoms with Crippen molar-refractivity contribution >= 4 is 23.3 Å². The van der Waals surface area contributed by atoms with Crippen LogP contribution in [0.3, 0.4) is 0 Å². The Labute approximate surface area is 133 Å². The Balaban J connectivity index is 1.85. The van der Waals surface area contributed by atoms with Crippen molar-refractivity contribution in [3.8, 4) is 0 Å². The Kier molecular flexibility index (Phi) is 5.33. The molecule has 0 aliphatic carbocycles. The molecule has 112 valence electrons. The highest BCUT2D eigenvalue weighted by Crippen LogP contribution is 2.09. The van der Waals surface area contributed by atoms with E-state index < -0.39 is 0 Å². The molecule has 0 aliphatic heterocycles. The van der Waals surface area contributed by atoms with E-state index in [0.717, 1.165) is 5.56 Å². The summed E-state index contributed by atoms with van der Waals surface area (Å²) < 4.78 is 0. The lowest BCUT2D eigenvalue weighted by molar-refractivity contribution is 0.0939. The van der Waals surface area contributed by atoms with E-state index in [-0.39, 0.29) is 11.7 Å². The highest BCUT2D eigenvalue weighted by Gasteiger charge is 2.03. The first-order valence-electron chi connectivity index (χ1n) is 6.65. The molecule has 0 aromatic heterocycles. The van der Waals surface area contributed by atoms with Gasteiger partial charge in [0.15, 0.2) is 5.78 Å². The van der Waals surface area contributed by atoms with Crippen molar-refractivity contribution < 1.29 is 9.59 Å². The average Bonchev–Trinajstić information content (AvgIpc) is 2.52. The van der Waals surface area contributed by atoms with Gasteiger partial charge in [0.2, 0.25) is 0 Å². The van der Waals surface area contributed by atoms with Crippen molar-refractivity contribution in [1.29, 1.82) is 0 Å². The largest absolute Gasteiger partial charge is 0.305 e. The summed E-state index contributed by atoms with van der Waals surface area (Å²) in [5.74, 6) is -0.461. The first-order valence-corrected chi connectivity index (χ1v) is 7.03. The molecule has 0 aliphatic rings. The first kappa shape index (κ1) is 15.8. The van der Waals surface area contributed by atoms with Crippen LogP contribution in [0.2, 0.25) is 5.02 Å². The number of amides is 1. The quantitative estimate of drug-likeness (QED) is 0.506. The van der Waals surface area contributed by atoms with Crippen molar-refractivity contribution in [1.82, 2.24) is 10.9 Å². The van der Waals surface area contributed by atoms with Crippen LogP contribution in [-0.4, -0.2) is 11.7 Å². The topological polar surface area (TPSA) is 58.2 Å².